The van der Waals surface area contributed by atoms with E-state index in [9.17, 15) is 40.6 Å². The fourth-order valence-electron chi connectivity index (χ4n) is 2.80. The predicted octanol–water partition coefficient (Wildman–Crippen LogP) is 3.22. The van der Waals surface area contributed by atoms with Crippen molar-refractivity contribution in [1.82, 2.24) is 0 Å². The van der Waals surface area contributed by atoms with E-state index >= 15 is 0 Å². The Balaban J connectivity index is 2.56. The van der Waals surface area contributed by atoms with Gasteiger partial charge >= 0.3 is 18.0 Å². The van der Waals surface area contributed by atoms with Crippen molar-refractivity contribution in [2.45, 2.75) is 50.3 Å². The van der Waals surface area contributed by atoms with Gasteiger partial charge in [-0.2, -0.15) is 30.7 Å². The summed E-state index contributed by atoms with van der Waals surface area (Å²) in [4.78, 5) is 12.0. The fraction of sp³-hybridized carbons (Fsp3) is 0.769. The number of ketones is 1. The van der Waals surface area contributed by atoms with E-state index in [4.69, 9.17) is 4.74 Å². The Kier molecular flexibility index (Phi) is 3.61. The van der Waals surface area contributed by atoms with Gasteiger partial charge in [-0.1, -0.05) is 13.8 Å². The lowest BCUT2D eigenvalue weighted by molar-refractivity contribution is -0.383. The van der Waals surface area contributed by atoms with Crippen LogP contribution in [0.1, 0.15) is 26.7 Å². The summed E-state index contributed by atoms with van der Waals surface area (Å²) in [6.45, 7) is 1.59. The number of aliphatic hydroxyl groups is 1. The number of rotatable bonds is 2. The van der Waals surface area contributed by atoms with Gasteiger partial charge in [0, 0.05) is 12.8 Å². The molecule has 1 aliphatic carbocycles. The first-order valence-electron chi connectivity index (χ1n) is 6.51. The van der Waals surface area contributed by atoms with Gasteiger partial charge in [0.25, 0.3) is 0 Å². The largest absolute Gasteiger partial charge is 0.494 e. The summed E-state index contributed by atoms with van der Waals surface area (Å²) in [5.74, 6) is -14.1. The van der Waals surface area contributed by atoms with Gasteiger partial charge < -0.3 is 9.84 Å². The predicted molar refractivity (Wildman–Crippen MR) is 61.9 cm³/mol. The third-order valence-corrected chi connectivity index (χ3v) is 3.97. The highest BCUT2D eigenvalue weighted by atomic mass is 19.4. The van der Waals surface area contributed by atoms with Crippen molar-refractivity contribution in [1.29, 1.82) is 0 Å². The molecule has 3 nitrogen and oxygen atoms in total. The number of carbonyl (C=O) groups excluding carboxylic acids is 1. The van der Waals surface area contributed by atoms with Crippen molar-refractivity contribution in [2.75, 3.05) is 6.61 Å². The first-order valence-corrected chi connectivity index (χ1v) is 6.51. The van der Waals surface area contributed by atoms with Crippen LogP contribution in [-0.2, 0) is 9.53 Å². The van der Waals surface area contributed by atoms with Crippen LogP contribution in [0.15, 0.2) is 11.3 Å². The van der Waals surface area contributed by atoms with E-state index in [0.717, 1.165) is 0 Å². The van der Waals surface area contributed by atoms with Gasteiger partial charge in [0.1, 0.15) is 12.4 Å². The summed E-state index contributed by atoms with van der Waals surface area (Å²) >= 11 is 0. The summed E-state index contributed by atoms with van der Waals surface area (Å²) in [5, 5.41) is 9.92. The van der Waals surface area contributed by atoms with Crippen LogP contribution in [0.25, 0.3) is 0 Å². The molecule has 0 aromatic heterocycles. The van der Waals surface area contributed by atoms with E-state index in [0.29, 0.717) is 0 Å². The van der Waals surface area contributed by atoms with Crippen LogP contribution in [0.3, 0.4) is 0 Å². The summed E-state index contributed by atoms with van der Waals surface area (Å²) in [7, 11) is 0. The van der Waals surface area contributed by atoms with Crippen LogP contribution in [0.5, 0.6) is 0 Å². The van der Waals surface area contributed by atoms with Crippen molar-refractivity contribution in [2.24, 2.45) is 5.41 Å². The van der Waals surface area contributed by atoms with Crippen LogP contribution in [0.4, 0.5) is 30.7 Å². The average Bonchev–Trinajstić information content (AvgIpc) is 2.65. The molecule has 0 aromatic carbocycles. The highest BCUT2D eigenvalue weighted by Gasteiger charge is 2.82. The van der Waals surface area contributed by atoms with E-state index in [-0.39, 0.29) is 12.8 Å². The van der Waals surface area contributed by atoms with Gasteiger partial charge in [0.15, 0.2) is 5.78 Å². The third-order valence-electron chi connectivity index (χ3n) is 3.97. The second-order valence-electron chi connectivity index (χ2n) is 6.53. The summed E-state index contributed by atoms with van der Waals surface area (Å²) in [6, 6.07) is 0. The molecule has 132 valence electrons. The highest BCUT2D eigenvalue weighted by molar-refractivity contribution is 6.00. The van der Waals surface area contributed by atoms with Crippen LogP contribution < -0.4 is 0 Å². The number of alkyl halides is 7. The molecule has 0 fully saturated rings. The van der Waals surface area contributed by atoms with Gasteiger partial charge in [0.2, 0.25) is 5.60 Å². The molecule has 0 bridgehead atoms. The molecule has 2 rings (SSSR count). The molecule has 0 radical (unpaired) electrons. The van der Waals surface area contributed by atoms with Crippen LogP contribution in [0.2, 0.25) is 0 Å². The van der Waals surface area contributed by atoms with E-state index in [2.05, 4.69) is 0 Å². The monoisotopic (exact) mass is 350 g/mol. The number of Topliss-reactive ketones (excluding diaryl/α,β-unsaturated/α-hetero) is 1. The first-order chi connectivity index (χ1) is 10.1. The second kappa shape index (κ2) is 4.61. The zero-order valence-electron chi connectivity index (χ0n) is 12.0. The van der Waals surface area contributed by atoms with Crippen LogP contribution in [-0.4, -0.2) is 41.1 Å². The SMILES string of the molecule is CC1(C)CC(=O)C2=C(C1)OCC2(O)C(F)(F)C(F)(F)C(F)(F)F. The lowest BCUT2D eigenvalue weighted by atomic mass is 9.71. The number of hydrogen-bond acceptors (Lipinski definition) is 3. The number of allylic oxidation sites excluding steroid dienone is 1. The molecule has 1 unspecified atom stereocenters. The number of ether oxygens (including phenoxy) is 1. The molecule has 23 heavy (non-hydrogen) atoms. The highest BCUT2D eigenvalue weighted by Crippen LogP contribution is 2.57. The Bertz CT molecular complexity index is 577. The van der Waals surface area contributed by atoms with E-state index in [1.807, 2.05) is 0 Å². The maximum atomic E-state index is 13.9. The van der Waals surface area contributed by atoms with Crippen molar-refractivity contribution in [3.05, 3.63) is 11.3 Å². The van der Waals surface area contributed by atoms with Gasteiger partial charge in [-0.15, -0.1) is 0 Å². The van der Waals surface area contributed by atoms with E-state index in [1.165, 1.54) is 0 Å². The third kappa shape index (κ3) is 2.33. The minimum absolute atomic E-state index is 0.135. The molecular weight excluding hydrogens is 337 g/mol. The fourth-order valence-corrected chi connectivity index (χ4v) is 2.80. The Hall–Kier alpha value is -1.32. The molecule has 1 aliphatic heterocycles. The minimum Gasteiger partial charge on any atom is -0.494 e. The van der Waals surface area contributed by atoms with Gasteiger partial charge in [-0.3, -0.25) is 4.79 Å². The Morgan fingerprint density at radius 1 is 1.04 bits per heavy atom. The van der Waals surface area contributed by atoms with Crippen LogP contribution >= 0.6 is 0 Å². The molecule has 1 heterocycles. The molecule has 10 heteroatoms. The number of hydrogen-bond donors (Lipinski definition) is 1. The molecule has 0 amide bonds. The molecule has 0 spiro atoms. The maximum absolute atomic E-state index is 13.9. The van der Waals surface area contributed by atoms with Crippen molar-refractivity contribution in [3.63, 3.8) is 0 Å². The van der Waals surface area contributed by atoms with Crippen molar-refractivity contribution >= 4 is 5.78 Å². The zero-order valence-corrected chi connectivity index (χ0v) is 12.0. The molecule has 0 aromatic rings. The number of carbonyl (C=O) groups is 1. The summed E-state index contributed by atoms with van der Waals surface area (Å²) in [6.07, 6.45) is -7.12. The van der Waals surface area contributed by atoms with Crippen molar-refractivity contribution in [3.8, 4) is 0 Å². The molecule has 1 atom stereocenters. The average molecular weight is 350 g/mol. The van der Waals surface area contributed by atoms with Gasteiger partial charge in [-0.25, -0.2) is 0 Å². The summed E-state index contributed by atoms with van der Waals surface area (Å²) in [5.41, 5.74) is -5.97. The summed E-state index contributed by atoms with van der Waals surface area (Å²) < 4.78 is 96.0. The topological polar surface area (TPSA) is 46.5 Å². The number of halogens is 7. The maximum Gasteiger partial charge on any atom is 0.460 e. The molecule has 2 aliphatic rings. The lowest BCUT2D eigenvalue weighted by Crippen LogP contribution is -2.66. The van der Waals surface area contributed by atoms with Crippen molar-refractivity contribution < 1.29 is 45.4 Å². The second-order valence-corrected chi connectivity index (χ2v) is 6.53. The standard InChI is InChI=1S/C13H13F7O3/c1-9(2)3-6(21)8-7(4-9)23-5-10(8,22)11(14,15)12(16,17)13(18,19)20/h22H,3-5H2,1-2H3. The molecular formula is C13H13F7O3. The van der Waals surface area contributed by atoms with E-state index in [1.54, 1.807) is 13.8 Å². The lowest BCUT2D eigenvalue weighted by Gasteiger charge is -2.39. The zero-order chi connectivity index (χ0) is 18.1. The Morgan fingerprint density at radius 2 is 1.57 bits per heavy atom. The molecule has 1 N–H and O–H groups in total. The van der Waals surface area contributed by atoms with E-state index < -0.39 is 52.8 Å². The van der Waals surface area contributed by atoms with Crippen LogP contribution in [0, 0.1) is 5.41 Å². The minimum atomic E-state index is -6.60. The van der Waals surface area contributed by atoms with Gasteiger partial charge in [0.05, 0.1) is 5.57 Å². The Morgan fingerprint density at radius 3 is 2.04 bits per heavy atom. The Labute approximate surface area is 126 Å². The normalized spacial score (nSPS) is 28.7. The smallest absolute Gasteiger partial charge is 0.460 e. The quantitative estimate of drug-likeness (QED) is 0.778. The molecule has 0 saturated heterocycles. The first kappa shape index (κ1) is 18.0. The van der Waals surface area contributed by atoms with Gasteiger partial charge in [-0.05, 0) is 5.41 Å². The molecule has 0 saturated carbocycles.